The highest BCUT2D eigenvalue weighted by Crippen LogP contribution is 2.43. The van der Waals surface area contributed by atoms with Gasteiger partial charge < -0.3 is 10.2 Å². The Hall–Kier alpha value is -2.54. The van der Waals surface area contributed by atoms with E-state index in [-0.39, 0.29) is 5.91 Å². The molecule has 0 aromatic heterocycles. The van der Waals surface area contributed by atoms with Gasteiger partial charge in [0.1, 0.15) is 0 Å². The fraction of sp³-hybridized carbons (Fsp3) is 0.480. The van der Waals surface area contributed by atoms with Gasteiger partial charge in [-0.2, -0.15) is 13.2 Å². The van der Waals surface area contributed by atoms with Crippen molar-refractivity contribution in [1.29, 1.82) is 0 Å². The number of nitrogens with one attached hydrogen (secondary N) is 1. The van der Waals surface area contributed by atoms with E-state index in [0.29, 0.717) is 5.69 Å². The summed E-state index contributed by atoms with van der Waals surface area (Å²) in [7, 11) is 0. The van der Waals surface area contributed by atoms with Gasteiger partial charge in [0, 0.05) is 37.6 Å². The van der Waals surface area contributed by atoms with E-state index in [4.69, 9.17) is 0 Å². The first-order chi connectivity index (χ1) is 15.3. The zero-order chi connectivity index (χ0) is 22.8. The summed E-state index contributed by atoms with van der Waals surface area (Å²) in [6.45, 7) is 6.12. The van der Waals surface area contributed by atoms with Crippen LogP contribution >= 0.6 is 0 Å². The van der Waals surface area contributed by atoms with Crippen LogP contribution in [-0.4, -0.2) is 43.5 Å². The molecule has 0 saturated carbocycles. The minimum absolute atomic E-state index is 0.107. The number of fused-ring (bicyclic) bond motifs is 1. The van der Waals surface area contributed by atoms with Crippen molar-refractivity contribution in [3.63, 3.8) is 0 Å². The van der Waals surface area contributed by atoms with Crippen LogP contribution in [0.5, 0.6) is 0 Å². The number of hydrogen-bond acceptors (Lipinski definition) is 3. The highest BCUT2D eigenvalue weighted by atomic mass is 19.4. The van der Waals surface area contributed by atoms with Crippen LogP contribution in [0.1, 0.15) is 43.7 Å². The van der Waals surface area contributed by atoms with Crippen molar-refractivity contribution in [2.24, 2.45) is 0 Å². The summed E-state index contributed by atoms with van der Waals surface area (Å²) in [4.78, 5) is 17.1. The lowest BCUT2D eigenvalue weighted by molar-refractivity contribution is -0.137. The molecule has 2 aliphatic rings. The van der Waals surface area contributed by atoms with Crippen molar-refractivity contribution in [3.8, 4) is 0 Å². The number of benzene rings is 2. The molecule has 7 heteroatoms. The lowest BCUT2D eigenvalue weighted by Gasteiger charge is -2.36. The van der Waals surface area contributed by atoms with Crippen LogP contribution in [0, 0.1) is 0 Å². The highest BCUT2D eigenvalue weighted by Gasteiger charge is 2.44. The van der Waals surface area contributed by atoms with Gasteiger partial charge in [-0.1, -0.05) is 37.6 Å². The predicted octanol–water partition coefficient (Wildman–Crippen LogP) is 5.30. The van der Waals surface area contributed by atoms with Gasteiger partial charge in [0.2, 0.25) is 5.91 Å². The van der Waals surface area contributed by atoms with Crippen molar-refractivity contribution in [1.82, 2.24) is 4.90 Å². The average Bonchev–Trinajstić information content (AvgIpc) is 3.08. The third-order valence-corrected chi connectivity index (χ3v) is 6.97. The number of nitrogens with zero attached hydrogens (tertiary/aromatic N) is 2. The summed E-state index contributed by atoms with van der Waals surface area (Å²) in [5.41, 5.74) is 1.65. The standard InChI is InChI=1S/C25H30F3N3O/c1-2-24(21-10-3-4-11-22(21)29-23(24)32)12-5-6-13-30-14-16-31(17-15-30)20-9-7-8-19(18-20)25(26,27)28/h3-4,7-11,18H,2,5-6,12-17H2,1H3,(H,29,32). The second-order valence-electron chi connectivity index (χ2n) is 8.77. The van der Waals surface area contributed by atoms with Gasteiger partial charge in [-0.15, -0.1) is 0 Å². The van der Waals surface area contributed by atoms with Crippen molar-refractivity contribution in [2.75, 3.05) is 42.9 Å². The molecule has 1 N–H and O–H groups in total. The van der Waals surface area contributed by atoms with Crippen molar-refractivity contribution >= 4 is 17.3 Å². The molecule has 0 spiro atoms. The van der Waals surface area contributed by atoms with Crippen LogP contribution in [0.15, 0.2) is 48.5 Å². The Bertz CT molecular complexity index is 953. The number of halogens is 3. The summed E-state index contributed by atoms with van der Waals surface area (Å²) in [6, 6.07) is 13.6. The predicted molar refractivity (Wildman–Crippen MR) is 121 cm³/mol. The molecule has 172 valence electrons. The zero-order valence-electron chi connectivity index (χ0n) is 18.4. The van der Waals surface area contributed by atoms with E-state index >= 15 is 0 Å². The second kappa shape index (κ2) is 9.14. The van der Waals surface area contributed by atoms with Gasteiger partial charge >= 0.3 is 6.18 Å². The summed E-state index contributed by atoms with van der Waals surface area (Å²) >= 11 is 0. The second-order valence-corrected chi connectivity index (χ2v) is 8.77. The molecule has 1 atom stereocenters. The first-order valence-corrected chi connectivity index (χ1v) is 11.4. The highest BCUT2D eigenvalue weighted by molar-refractivity contribution is 6.06. The molecule has 1 amide bonds. The maximum atomic E-state index is 13.0. The van der Waals surface area contributed by atoms with Crippen LogP contribution in [-0.2, 0) is 16.4 Å². The summed E-state index contributed by atoms with van der Waals surface area (Å²) in [6.07, 6.45) is -0.739. The Kier molecular flexibility index (Phi) is 6.47. The van der Waals surface area contributed by atoms with E-state index in [9.17, 15) is 18.0 Å². The zero-order valence-corrected chi connectivity index (χ0v) is 18.4. The summed E-state index contributed by atoms with van der Waals surface area (Å²) in [5.74, 6) is 0.107. The van der Waals surface area contributed by atoms with E-state index < -0.39 is 17.2 Å². The fourth-order valence-electron chi connectivity index (χ4n) is 5.02. The van der Waals surface area contributed by atoms with E-state index in [1.807, 2.05) is 23.1 Å². The normalized spacial score (nSPS) is 21.5. The third-order valence-electron chi connectivity index (χ3n) is 6.97. The largest absolute Gasteiger partial charge is 0.416 e. The quantitative estimate of drug-likeness (QED) is 0.588. The number of amides is 1. The summed E-state index contributed by atoms with van der Waals surface area (Å²) < 4.78 is 39.0. The Morgan fingerprint density at radius 3 is 2.47 bits per heavy atom. The Balaban J connectivity index is 1.26. The van der Waals surface area contributed by atoms with Crippen molar-refractivity contribution in [3.05, 3.63) is 59.7 Å². The van der Waals surface area contributed by atoms with Gasteiger partial charge in [0.15, 0.2) is 0 Å². The number of carbonyl (C=O) groups excluding carboxylic acids is 1. The molecule has 0 radical (unpaired) electrons. The number of hydrogen-bond donors (Lipinski definition) is 1. The number of piperazine rings is 1. The lowest BCUT2D eigenvalue weighted by atomic mass is 9.75. The number of anilines is 2. The molecule has 1 unspecified atom stereocenters. The topological polar surface area (TPSA) is 35.6 Å². The first kappa shape index (κ1) is 22.6. The average molecular weight is 446 g/mol. The molecular formula is C25H30F3N3O. The first-order valence-electron chi connectivity index (χ1n) is 11.4. The molecule has 0 aliphatic carbocycles. The molecule has 0 bridgehead atoms. The molecular weight excluding hydrogens is 415 g/mol. The van der Waals surface area contributed by atoms with Gasteiger partial charge in [-0.25, -0.2) is 0 Å². The molecule has 4 nitrogen and oxygen atoms in total. The monoisotopic (exact) mass is 445 g/mol. The van der Waals surface area contributed by atoms with Crippen LogP contribution in [0.25, 0.3) is 0 Å². The molecule has 2 aromatic rings. The molecule has 2 aromatic carbocycles. The maximum absolute atomic E-state index is 13.0. The van der Waals surface area contributed by atoms with E-state index in [1.165, 1.54) is 12.1 Å². The van der Waals surface area contributed by atoms with Crippen molar-refractivity contribution < 1.29 is 18.0 Å². The van der Waals surface area contributed by atoms with E-state index in [0.717, 1.165) is 75.7 Å². The Morgan fingerprint density at radius 2 is 1.75 bits per heavy atom. The minimum Gasteiger partial charge on any atom is -0.369 e. The Morgan fingerprint density at radius 1 is 1.00 bits per heavy atom. The van der Waals surface area contributed by atoms with Gasteiger partial charge in [-0.3, -0.25) is 9.69 Å². The van der Waals surface area contributed by atoms with Crippen LogP contribution < -0.4 is 10.2 Å². The van der Waals surface area contributed by atoms with E-state index in [1.54, 1.807) is 6.07 Å². The molecule has 2 heterocycles. The number of alkyl halides is 3. The van der Waals surface area contributed by atoms with Crippen LogP contribution in [0.4, 0.5) is 24.5 Å². The van der Waals surface area contributed by atoms with Crippen LogP contribution in [0.3, 0.4) is 0 Å². The number of carbonyl (C=O) groups is 1. The SMILES string of the molecule is CCC1(CCCCN2CCN(c3cccc(C(F)(F)F)c3)CC2)C(=O)Nc2ccccc21. The molecule has 32 heavy (non-hydrogen) atoms. The van der Waals surface area contributed by atoms with Gasteiger partial charge in [-0.05, 0) is 55.6 Å². The smallest absolute Gasteiger partial charge is 0.369 e. The fourth-order valence-corrected chi connectivity index (χ4v) is 5.02. The summed E-state index contributed by atoms with van der Waals surface area (Å²) in [5, 5.41) is 3.04. The maximum Gasteiger partial charge on any atom is 0.416 e. The lowest BCUT2D eigenvalue weighted by Crippen LogP contribution is -2.46. The number of para-hydroxylation sites is 1. The minimum atomic E-state index is -4.32. The molecule has 4 rings (SSSR count). The molecule has 2 aliphatic heterocycles. The molecule has 1 saturated heterocycles. The number of unbranched alkanes of at least 4 members (excludes halogenated alkanes) is 1. The van der Waals surface area contributed by atoms with Crippen LogP contribution in [0.2, 0.25) is 0 Å². The van der Waals surface area contributed by atoms with Gasteiger partial charge in [0.05, 0.1) is 11.0 Å². The Labute approximate surface area is 187 Å². The van der Waals surface area contributed by atoms with E-state index in [2.05, 4.69) is 23.2 Å². The van der Waals surface area contributed by atoms with Gasteiger partial charge in [0.25, 0.3) is 0 Å². The number of rotatable bonds is 7. The third kappa shape index (κ3) is 4.49. The molecule has 1 fully saturated rings. The van der Waals surface area contributed by atoms with Crippen molar-refractivity contribution in [2.45, 2.75) is 44.2 Å².